The van der Waals surface area contributed by atoms with E-state index in [0.717, 1.165) is 24.8 Å². The minimum atomic E-state index is -3.50. The summed E-state index contributed by atoms with van der Waals surface area (Å²) in [5.74, 6) is 1.33. The highest BCUT2D eigenvalue weighted by Crippen LogP contribution is 2.31. The molecule has 1 aliphatic rings. The molecule has 0 bridgehead atoms. The molecular weight excluding hydrogens is 310 g/mol. The first-order valence-electron chi connectivity index (χ1n) is 7.26. The third kappa shape index (κ3) is 3.52. The molecule has 0 N–H and O–H groups in total. The van der Waals surface area contributed by atoms with Gasteiger partial charge in [0.1, 0.15) is 10.6 Å². The van der Waals surface area contributed by atoms with Crippen molar-refractivity contribution < 1.29 is 13.2 Å². The molecule has 0 amide bonds. The zero-order chi connectivity index (χ0) is 15.5. The Balaban J connectivity index is 2.27. The van der Waals surface area contributed by atoms with Gasteiger partial charge in [0, 0.05) is 19.0 Å². The number of hydrogen-bond acceptors (Lipinski definition) is 3. The topological polar surface area (TPSA) is 46.6 Å². The maximum Gasteiger partial charge on any atom is 0.246 e. The van der Waals surface area contributed by atoms with Crippen molar-refractivity contribution in [3.05, 3.63) is 23.8 Å². The van der Waals surface area contributed by atoms with Crippen LogP contribution in [0.15, 0.2) is 23.1 Å². The molecule has 2 rings (SSSR count). The average molecular weight is 332 g/mol. The largest absolute Gasteiger partial charge is 0.495 e. The van der Waals surface area contributed by atoms with Gasteiger partial charge in [-0.15, -0.1) is 11.6 Å². The van der Waals surface area contributed by atoms with Crippen molar-refractivity contribution in [3.63, 3.8) is 0 Å². The Labute approximate surface area is 132 Å². The van der Waals surface area contributed by atoms with Gasteiger partial charge in [-0.05, 0) is 36.5 Å². The summed E-state index contributed by atoms with van der Waals surface area (Å²) in [4.78, 5) is 0.230. The molecule has 118 valence electrons. The van der Waals surface area contributed by atoms with Crippen LogP contribution in [0.4, 0.5) is 0 Å². The number of piperidine rings is 1. The molecule has 0 radical (unpaired) electrons. The summed E-state index contributed by atoms with van der Waals surface area (Å²) in [6, 6.07) is 5.03. The fourth-order valence-corrected chi connectivity index (χ4v) is 4.48. The third-order valence-corrected chi connectivity index (χ3v) is 6.40. The van der Waals surface area contributed by atoms with Crippen molar-refractivity contribution in [1.82, 2.24) is 4.31 Å². The summed E-state index contributed by atoms with van der Waals surface area (Å²) >= 11 is 5.79. The molecule has 1 fully saturated rings. The van der Waals surface area contributed by atoms with Gasteiger partial charge in [-0.25, -0.2) is 8.42 Å². The van der Waals surface area contributed by atoms with Crippen molar-refractivity contribution in [3.8, 4) is 5.75 Å². The fourth-order valence-electron chi connectivity index (χ4n) is 2.71. The number of alkyl halides is 1. The van der Waals surface area contributed by atoms with E-state index >= 15 is 0 Å². The Hall–Kier alpha value is -0.780. The number of sulfonamides is 1. The van der Waals surface area contributed by atoms with Crippen LogP contribution in [-0.4, -0.2) is 32.9 Å². The van der Waals surface area contributed by atoms with E-state index in [4.69, 9.17) is 16.3 Å². The second-order valence-electron chi connectivity index (χ2n) is 5.37. The van der Waals surface area contributed by atoms with Gasteiger partial charge in [0.15, 0.2) is 0 Å². The van der Waals surface area contributed by atoms with Gasteiger partial charge < -0.3 is 4.74 Å². The second-order valence-corrected chi connectivity index (χ2v) is 7.55. The fraction of sp³-hybridized carbons (Fsp3) is 0.600. The van der Waals surface area contributed by atoms with E-state index in [1.54, 1.807) is 22.5 Å². The van der Waals surface area contributed by atoms with Crippen molar-refractivity contribution >= 4 is 21.6 Å². The molecular formula is C15H22ClNO3S. The number of hydrogen-bond donors (Lipinski definition) is 0. The molecule has 1 aliphatic heterocycles. The van der Waals surface area contributed by atoms with Gasteiger partial charge in [0.25, 0.3) is 0 Å². The Morgan fingerprint density at radius 2 is 2.00 bits per heavy atom. The first-order chi connectivity index (χ1) is 10.0. The van der Waals surface area contributed by atoms with E-state index in [0.29, 0.717) is 30.6 Å². The first kappa shape index (κ1) is 16.6. The number of benzene rings is 1. The van der Waals surface area contributed by atoms with Crippen LogP contribution < -0.4 is 4.74 Å². The van der Waals surface area contributed by atoms with Crippen molar-refractivity contribution in [2.45, 2.75) is 37.0 Å². The molecule has 0 saturated carbocycles. The minimum absolute atomic E-state index is 0.230. The lowest BCUT2D eigenvalue weighted by molar-refractivity contribution is 0.268. The van der Waals surface area contributed by atoms with E-state index in [-0.39, 0.29) is 4.90 Å². The zero-order valence-corrected chi connectivity index (χ0v) is 14.1. The predicted molar refractivity (Wildman–Crippen MR) is 84.3 cm³/mol. The van der Waals surface area contributed by atoms with Crippen LogP contribution in [0, 0.1) is 5.92 Å². The van der Waals surface area contributed by atoms with Crippen molar-refractivity contribution in [2.75, 3.05) is 20.2 Å². The van der Waals surface area contributed by atoms with Gasteiger partial charge in [-0.3, -0.25) is 0 Å². The quantitative estimate of drug-likeness (QED) is 0.778. The highest BCUT2D eigenvalue weighted by atomic mass is 35.5. The molecule has 4 nitrogen and oxygen atoms in total. The number of ether oxygens (including phenoxy) is 1. The normalized spacial score (nSPS) is 17.9. The van der Waals surface area contributed by atoms with Crippen LogP contribution in [0.3, 0.4) is 0 Å². The third-order valence-electron chi connectivity index (χ3n) is 4.15. The van der Waals surface area contributed by atoms with Crippen LogP contribution in [0.1, 0.15) is 31.7 Å². The molecule has 0 aliphatic carbocycles. The maximum absolute atomic E-state index is 12.8. The van der Waals surface area contributed by atoms with Crippen molar-refractivity contribution in [2.24, 2.45) is 5.92 Å². The van der Waals surface area contributed by atoms with Crippen molar-refractivity contribution in [1.29, 1.82) is 0 Å². The molecule has 1 aromatic rings. The Kier molecular flexibility index (Phi) is 5.52. The molecule has 21 heavy (non-hydrogen) atoms. The monoisotopic (exact) mass is 331 g/mol. The maximum atomic E-state index is 12.8. The van der Waals surface area contributed by atoms with Crippen LogP contribution in [0.2, 0.25) is 0 Å². The molecule has 1 aromatic carbocycles. The lowest BCUT2D eigenvalue weighted by Crippen LogP contribution is -2.38. The molecule has 0 unspecified atom stereocenters. The van der Waals surface area contributed by atoms with E-state index in [9.17, 15) is 8.42 Å². The molecule has 1 heterocycles. The molecule has 6 heteroatoms. The molecule has 0 atom stereocenters. The highest BCUT2D eigenvalue weighted by molar-refractivity contribution is 7.89. The Morgan fingerprint density at radius 3 is 2.52 bits per heavy atom. The minimum Gasteiger partial charge on any atom is -0.495 e. The molecule has 1 saturated heterocycles. The highest BCUT2D eigenvalue weighted by Gasteiger charge is 2.31. The van der Waals surface area contributed by atoms with Crippen LogP contribution in [0.5, 0.6) is 5.75 Å². The van der Waals surface area contributed by atoms with Gasteiger partial charge >= 0.3 is 0 Å². The van der Waals surface area contributed by atoms with Crippen LogP contribution in [-0.2, 0) is 15.9 Å². The SMILES string of the molecule is CCC1CCN(S(=O)(=O)c2ccc(CCl)cc2OC)CC1. The number of rotatable bonds is 5. The summed E-state index contributed by atoms with van der Waals surface area (Å²) in [5, 5.41) is 0. The van der Waals surface area contributed by atoms with Crippen LogP contribution in [0.25, 0.3) is 0 Å². The molecule has 0 aromatic heterocycles. The van der Waals surface area contributed by atoms with Crippen LogP contribution >= 0.6 is 11.6 Å². The predicted octanol–water partition coefficient (Wildman–Crippen LogP) is 3.24. The summed E-state index contributed by atoms with van der Waals surface area (Å²) in [5.41, 5.74) is 0.845. The number of halogens is 1. The average Bonchev–Trinajstić information content (AvgIpc) is 2.54. The summed E-state index contributed by atoms with van der Waals surface area (Å²) in [6.45, 7) is 3.32. The van der Waals surface area contributed by atoms with E-state index in [1.165, 1.54) is 7.11 Å². The summed E-state index contributed by atoms with van der Waals surface area (Å²) < 4.78 is 32.4. The second kappa shape index (κ2) is 6.99. The van der Waals surface area contributed by atoms with E-state index < -0.39 is 10.0 Å². The first-order valence-corrected chi connectivity index (χ1v) is 9.23. The van der Waals surface area contributed by atoms with Gasteiger partial charge in [0.05, 0.1) is 7.11 Å². The lowest BCUT2D eigenvalue weighted by Gasteiger charge is -2.31. The zero-order valence-electron chi connectivity index (χ0n) is 12.5. The van der Waals surface area contributed by atoms with E-state index in [1.807, 2.05) is 0 Å². The summed E-state index contributed by atoms with van der Waals surface area (Å²) in [7, 11) is -2.01. The number of methoxy groups -OCH3 is 1. The van der Waals surface area contributed by atoms with Gasteiger partial charge in [-0.1, -0.05) is 19.4 Å². The number of nitrogens with zero attached hydrogens (tertiary/aromatic N) is 1. The molecule has 0 spiro atoms. The van der Waals surface area contributed by atoms with Gasteiger partial charge in [0.2, 0.25) is 10.0 Å². The lowest BCUT2D eigenvalue weighted by atomic mass is 9.96. The Bertz CT molecular complexity index is 581. The van der Waals surface area contributed by atoms with E-state index in [2.05, 4.69) is 6.92 Å². The smallest absolute Gasteiger partial charge is 0.246 e. The standard InChI is InChI=1S/C15H22ClNO3S/c1-3-12-6-8-17(9-7-12)21(18,19)15-5-4-13(11-16)10-14(15)20-2/h4-5,10,12H,3,6-9,11H2,1-2H3. The van der Waals surface area contributed by atoms with Gasteiger partial charge in [-0.2, -0.15) is 4.31 Å². The Morgan fingerprint density at radius 1 is 1.33 bits per heavy atom. The summed E-state index contributed by atoms with van der Waals surface area (Å²) in [6.07, 6.45) is 2.97.